The number of benzene rings is 2. The number of amides is 1. The minimum absolute atomic E-state index is 0.120. The standard InChI is InChI=1S/C23H23ClN4O2/c1-15-7-8-19(12-20(15)24)26-21(29)14-28-22(30)11-16(2)25-23(28)27-10-9-17-5-3-4-6-18(17)13-27/h3-8,11-12H,9-10,13-14H2,1-2H3,(H,26,29). The van der Waals surface area contributed by atoms with E-state index in [9.17, 15) is 9.59 Å². The highest BCUT2D eigenvalue weighted by molar-refractivity contribution is 6.31. The smallest absolute Gasteiger partial charge is 0.255 e. The molecule has 1 aromatic heterocycles. The molecule has 1 amide bonds. The highest BCUT2D eigenvalue weighted by Gasteiger charge is 2.22. The van der Waals surface area contributed by atoms with Crippen molar-refractivity contribution >= 4 is 29.1 Å². The summed E-state index contributed by atoms with van der Waals surface area (Å²) in [6.07, 6.45) is 0.869. The minimum atomic E-state index is -0.304. The van der Waals surface area contributed by atoms with Gasteiger partial charge in [0.25, 0.3) is 5.56 Å². The molecule has 7 heteroatoms. The second-order valence-corrected chi connectivity index (χ2v) is 7.98. The molecule has 0 atom stereocenters. The van der Waals surface area contributed by atoms with Gasteiger partial charge in [-0.05, 0) is 49.1 Å². The molecule has 0 fully saturated rings. The van der Waals surface area contributed by atoms with Gasteiger partial charge in [-0.2, -0.15) is 0 Å². The first-order valence-corrected chi connectivity index (χ1v) is 10.2. The van der Waals surface area contributed by atoms with Crippen molar-refractivity contribution in [1.29, 1.82) is 0 Å². The van der Waals surface area contributed by atoms with E-state index >= 15 is 0 Å². The minimum Gasteiger partial charge on any atom is -0.337 e. The third-order valence-corrected chi connectivity index (χ3v) is 5.69. The van der Waals surface area contributed by atoms with Gasteiger partial charge >= 0.3 is 0 Å². The Labute approximate surface area is 180 Å². The summed E-state index contributed by atoms with van der Waals surface area (Å²) in [6, 6.07) is 15.1. The number of aryl methyl sites for hydroxylation is 2. The first kappa shape index (κ1) is 20.2. The molecule has 0 saturated carbocycles. The average Bonchev–Trinajstić information content (AvgIpc) is 2.72. The first-order chi connectivity index (χ1) is 14.4. The summed E-state index contributed by atoms with van der Waals surface area (Å²) >= 11 is 6.14. The Morgan fingerprint density at radius 3 is 2.67 bits per heavy atom. The number of hydrogen-bond donors (Lipinski definition) is 1. The third kappa shape index (κ3) is 4.24. The zero-order chi connectivity index (χ0) is 21.3. The SMILES string of the molecule is Cc1cc(=O)n(CC(=O)Nc2ccc(C)c(Cl)c2)c(N2CCc3ccccc3C2)n1. The third-order valence-electron chi connectivity index (χ3n) is 5.29. The van der Waals surface area contributed by atoms with E-state index in [1.165, 1.54) is 21.8 Å². The molecule has 0 saturated heterocycles. The highest BCUT2D eigenvalue weighted by atomic mass is 35.5. The van der Waals surface area contributed by atoms with Crippen LogP contribution in [0.3, 0.4) is 0 Å². The number of fused-ring (bicyclic) bond motifs is 1. The van der Waals surface area contributed by atoms with E-state index in [0.29, 0.717) is 28.9 Å². The molecule has 0 unspecified atom stereocenters. The van der Waals surface area contributed by atoms with Gasteiger partial charge in [-0.1, -0.05) is 41.9 Å². The van der Waals surface area contributed by atoms with Gasteiger partial charge in [-0.3, -0.25) is 14.2 Å². The molecular weight excluding hydrogens is 400 g/mol. The largest absolute Gasteiger partial charge is 0.337 e. The molecule has 1 N–H and O–H groups in total. The van der Waals surface area contributed by atoms with Crippen molar-refractivity contribution in [3.63, 3.8) is 0 Å². The maximum Gasteiger partial charge on any atom is 0.255 e. The van der Waals surface area contributed by atoms with Crippen LogP contribution >= 0.6 is 11.6 Å². The van der Waals surface area contributed by atoms with Crippen LogP contribution in [-0.4, -0.2) is 22.0 Å². The number of nitrogens with zero attached hydrogens (tertiary/aromatic N) is 3. The Bertz CT molecular complexity index is 1170. The molecule has 0 bridgehead atoms. The van der Waals surface area contributed by atoms with Crippen LogP contribution in [0.2, 0.25) is 5.02 Å². The number of carbonyl (C=O) groups is 1. The molecule has 3 aromatic rings. The Kier molecular flexibility index (Phi) is 5.59. The zero-order valence-corrected chi connectivity index (χ0v) is 17.7. The highest BCUT2D eigenvalue weighted by Crippen LogP contribution is 2.23. The number of halogens is 1. The van der Waals surface area contributed by atoms with Crippen molar-refractivity contribution in [2.45, 2.75) is 33.4 Å². The normalized spacial score (nSPS) is 13.1. The molecule has 2 heterocycles. The van der Waals surface area contributed by atoms with Gasteiger partial charge in [0, 0.05) is 35.6 Å². The van der Waals surface area contributed by atoms with Crippen molar-refractivity contribution < 1.29 is 4.79 Å². The summed E-state index contributed by atoms with van der Waals surface area (Å²) in [6.45, 7) is 4.96. The van der Waals surface area contributed by atoms with Crippen molar-refractivity contribution in [3.8, 4) is 0 Å². The fraction of sp³-hybridized carbons (Fsp3) is 0.261. The molecule has 0 radical (unpaired) electrons. The lowest BCUT2D eigenvalue weighted by molar-refractivity contribution is -0.116. The number of rotatable bonds is 4. The summed E-state index contributed by atoms with van der Waals surface area (Å²) in [5.41, 5.74) is 4.44. The second-order valence-electron chi connectivity index (χ2n) is 7.57. The van der Waals surface area contributed by atoms with Crippen LogP contribution in [0.4, 0.5) is 11.6 Å². The van der Waals surface area contributed by atoms with Crippen LogP contribution in [0.15, 0.2) is 53.3 Å². The van der Waals surface area contributed by atoms with Crippen LogP contribution in [0.1, 0.15) is 22.4 Å². The van der Waals surface area contributed by atoms with E-state index < -0.39 is 0 Å². The quantitative estimate of drug-likeness (QED) is 0.695. The van der Waals surface area contributed by atoms with Gasteiger partial charge in [-0.25, -0.2) is 4.98 Å². The molecule has 1 aliphatic rings. The molecule has 1 aliphatic heterocycles. The molecule has 30 heavy (non-hydrogen) atoms. The molecule has 6 nitrogen and oxygen atoms in total. The van der Waals surface area contributed by atoms with Gasteiger partial charge in [0.1, 0.15) is 6.54 Å². The summed E-state index contributed by atoms with van der Waals surface area (Å²) in [5.74, 6) is 0.216. The van der Waals surface area contributed by atoms with Crippen LogP contribution in [0.25, 0.3) is 0 Å². The van der Waals surface area contributed by atoms with Crippen LogP contribution < -0.4 is 15.8 Å². The molecule has 0 spiro atoms. The summed E-state index contributed by atoms with van der Waals surface area (Å²) < 4.78 is 1.44. The summed E-state index contributed by atoms with van der Waals surface area (Å²) in [7, 11) is 0. The Morgan fingerprint density at radius 1 is 1.13 bits per heavy atom. The van der Waals surface area contributed by atoms with Gasteiger partial charge in [-0.15, -0.1) is 0 Å². The molecule has 0 aliphatic carbocycles. The van der Waals surface area contributed by atoms with Crippen molar-refractivity contribution in [3.05, 3.63) is 86.3 Å². The lowest BCUT2D eigenvalue weighted by Gasteiger charge is -2.31. The number of anilines is 2. The number of aromatic nitrogens is 2. The fourth-order valence-corrected chi connectivity index (χ4v) is 3.86. The zero-order valence-electron chi connectivity index (χ0n) is 17.0. The maximum atomic E-state index is 12.7. The molecular formula is C23H23ClN4O2. The topological polar surface area (TPSA) is 67.2 Å². The Morgan fingerprint density at radius 2 is 1.90 bits per heavy atom. The Balaban J connectivity index is 1.60. The van der Waals surface area contributed by atoms with Crippen LogP contribution in [0, 0.1) is 13.8 Å². The average molecular weight is 423 g/mol. The maximum absolute atomic E-state index is 12.7. The van der Waals surface area contributed by atoms with Crippen molar-refractivity contribution in [1.82, 2.24) is 9.55 Å². The summed E-state index contributed by atoms with van der Waals surface area (Å²) in [5, 5.41) is 3.40. The van der Waals surface area contributed by atoms with Crippen LogP contribution in [0.5, 0.6) is 0 Å². The lowest BCUT2D eigenvalue weighted by atomic mass is 10.0. The fourth-order valence-electron chi connectivity index (χ4n) is 3.68. The molecule has 154 valence electrons. The number of hydrogen-bond acceptors (Lipinski definition) is 4. The van der Waals surface area contributed by atoms with E-state index in [1.807, 2.05) is 25.1 Å². The van der Waals surface area contributed by atoms with Gasteiger partial charge in [0.05, 0.1) is 0 Å². The van der Waals surface area contributed by atoms with Gasteiger partial charge in [0.2, 0.25) is 11.9 Å². The predicted molar refractivity (Wildman–Crippen MR) is 119 cm³/mol. The monoisotopic (exact) mass is 422 g/mol. The van der Waals surface area contributed by atoms with E-state index in [4.69, 9.17) is 11.6 Å². The van der Waals surface area contributed by atoms with Crippen molar-refractivity contribution in [2.75, 3.05) is 16.8 Å². The van der Waals surface area contributed by atoms with Crippen molar-refractivity contribution in [2.24, 2.45) is 0 Å². The summed E-state index contributed by atoms with van der Waals surface area (Å²) in [4.78, 5) is 32.1. The predicted octanol–water partition coefficient (Wildman–Crippen LogP) is 3.71. The Hall–Kier alpha value is -3.12. The van der Waals surface area contributed by atoms with Gasteiger partial charge in [0.15, 0.2) is 0 Å². The van der Waals surface area contributed by atoms with E-state index in [0.717, 1.165) is 18.5 Å². The number of nitrogens with one attached hydrogen (secondary N) is 1. The van der Waals surface area contributed by atoms with Gasteiger partial charge < -0.3 is 10.2 Å². The lowest BCUT2D eigenvalue weighted by Crippen LogP contribution is -2.38. The first-order valence-electron chi connectivity index (χ1n) is 9.87. The number of carbonyl (C=O) groups excluding carboxylic acids is 1. The van der Waals surface area contributed by atoms with E-state index in [1.54, 1.807) is 19.1 Å². The second kappa shape index (κ2) is 8.32. The van der Waals surface area contributed by atoms with Crippen LogP contribution in [-0.2, 0) is 24.3 Å². The molecule has 2 aromatic carbocycles. The van der Waals surface area contributed by atoms with E-state index in [-0.39, 0.29) is 18.0 Å². The van der Waals surface area contributed by atoms with E-state index in [2.05, 4.69) is 27.3 Å². The molecule has 4 rings (SSSR count).